The second-order valence-electron chi connectivity index (χ2n) is 5.84. The van der Waals surface area contributed by atoms with E-state index in [0.717, 1.165) is 24.0 Å². The van der Waals surface area contributed by atoms with E-state index in [1.165, 1.54) is 4.90 Å². The lowest BCUT2D eigenvalue weighted by molar-refractivity contribution is -0.469. The zero-order valence-electron chi connectivity index (χ0n) is 12.6. The van der Waals surface area contributed by atoms with Crippen molar-refractivity contribution in [3.05, 3.63) is 29.3 Å². The molecule has 1 atom stereocenters. The number of anilines is 1. The summed E-state index contributed by atoms with van der Waals surface area (Å²) in [7, 11) is 0. The van der Waals surface area contributed by atoms with Crippen LogP contribution in [0.4, 0.5) is 5.69 Å². The Morgan fingerprint density at radius 2 is 2.05 bits per heavy atom. The molecule has 0 bridgehead atoms. The fourth-order valence-corrected chi connectivity index (χ4v) is 2.79. The number of rotatable bonds is 3. The van der Waals surface area contributed by atoms with Gasteiger partial charge >= 0.3 is 0 Å². The van der Waals surface area contributed by atoms with Gasteiger partial charge in [0.25, 0.3) is 5.91 Å². The van der Waals surface area contributed by atoms with Crippen LogP contribution in [0.25, 0.3) is 0 Å². The Morgan fingerprint density at radius 3 is 2.68 bits per heavy atom. The third-order valence-electron chi connectivity index (χ3n) is 3.87. The number of nitrogens with one attached hydrogen (secondary N) is 2. The maximum Gasteiger partial charge on any atom is 0.256 e. The molecule has 0 spiro atoms. The summed E-state index contributed by atoms with van der Waals surface area (Å²) in [6.45, 7) is 3.92. The van der Waals surface area contributed by atoms with E-state index < -0.39 is 5.92 Å². The molecule has 5 nitrogen and oxygen atoms in total. The van der Waals surface area contributed by atoms with E-state index in [0.29, 0.717) is 11.7 Å². The van der Waals surface area contributed by atoms with Gasteiger partial charge in [0, 0.05) is 12.8 Å². The summed E-state index contributed by atoms with van der Waals surface area (Å²) in [6, 6.07) is 6.17. The van der Waals surface area contributed by atoms with Crippen molar-refractivity contribution >= 4 is 41.0 Å². The normalized spacial score (nSPS) is 22.4. The molecule has 2 amide bonds. The van der Waals surface area contributed by atoms with E-state index in [9.17, 15) is 9.59 Å². The minimum absolute atomic E-state index is 0.137. The van der Waals surface area contributed by atoms with E-state index in [2.05, 4.69) is 10.3 Å². The third kappa shape index (κ3) is 2.78. The second kappa shape index (κ2) is 5.61. The van der Waals surface area contributed by atoms with Gasteiger partial charge in [0.15, 0.2) is 23.3 Å². The maximum absolute atomic E-state index is 12.7. The molecule has 1 heterocycles. The molecule has 1 saturated heterocycles. The first-order valence-corrected chi connectivity index (χ1v) is 7.73. The third-order valence-corrected chi connectivity index (χ3v) is 4.16. The molecule has 1 saturated carbocycles. The molecule has 2 fully saturated rings. The molecule has 1 aromatic rings. The van der Waals surface area contributed by atoms with E-state index in [1.54, 1.807) is 6.21 Å². The van der Waals surface area contributed by atoms with Crippen molar-refractivity contribution < 1.29 is 14.6 Å². The predicted octanol–water partition coefficient (Wildman–Crippen LogP) is -0.0189. The quantitative estimate of drug-likeness (QED) is 0.468. The number of nitrogens with zero attached hydrogens (tertiary/aromatic N) is 1. The molecule has 1 aliphatic carbocycles. The first-order chi connectivity index (χ1) is 10.5. The molecule has 6 heteroatoms. The highest BCUT2D eigenvalue weighted by atomic mass is 32.1. The van der Waals surface area contributed by atoms with Crippen molar-refractivity contribution in [3.63, 3.8) is 0 Å². The Balaban J connectivity index is 1.93. The van der Waals surface area contributed by atoms with Gasteiger partial charge < -0.3 is 5.32 Å². The Labute approximate surface area is 134 Å². The van der Waals surface area contributed by atoms with Gasteiger partial charge in [0.2, 0.25) is 5.91 Å². The van der Waals surface area contributed by atoms with Crippen LogP contribution in [-0.4, -0.2) is 29.2 Å². The van der Waals surface area contributed by atoms with Gasteiger partial charge in [0.1, 0.15) is 0 Å². The van der Waals surface area contributed by atoms with Gasteiger partial charge in [-0.2, -0.15) is 0 Å². The van der Waals surface area contributed by atoms with E-state index in [-0.39, 0.29) is 16.9 Å². The Morgan fingerprint density at radius 1 is 1.32 bits per heavy atom. The SMILES string of the molecule is Cc1ccc(N2C(=O)C(C=[NH+]C3CC3)C(=O)NC2=S)c(C)c1. The van der Waals surface area contributed by atoms with Gasteiger partial charge in [-0.25, -0.2) is 4.99 Å². The van der Waals surface area contributed by atoms with Crippen LogP contribution in [-0.2, 0) is 9.59 Å². The number of thiocarbonyl (C=S) groups is 1. The van der Waals surface area contributed by atoms with Crippen LogP contribution in [0.1, 0.15) is 24.0 Å². The average molecular weight is 316 g/mol. The lowest BCUT2D eigenvalue weighted by Gasteiger charge is -2.31. The summed E-state index contributed by atoms with van der Waals surface area (Å²) >= 11 is 5.20. The minimum atomic E-state index is -0.854. The fourth-order valence-electron chi connectivity index (χ4n) is 2.50. The van der Waals surface area contributed by atoms with E-state index in [1.807, 2.05) is 32.0 Å². The van der Waals surface area contributed by atoms with Crippen molar-refractivity contribution in [1.29, 1.82) is 0 Å². The van der Waals surface area contributed by atoms with Crippen molar-refractivity contribution in [2.45, 2.75) is 32.7 Å². The highest BCUT2D eigenvalue weighted by molar-refractivity contribution is 7.80. The number of hydrogen-bond donors (Lipinski definition) is 2. The topological polar surface area (TPSA) is 63.4 Å². The highest BCUT2D eigenvalue weighted by Gasteiger charge is 2.41. The summed E-state index contributed by atoms with van der Waals surface area (Å²) in [5.41, 5.74) is 2.77. The van der Waals surface area contributed by atoms with Crippen LogP contribution in [0.5, 0.6) is 0 Å². The minimum Gasteiger partial charge on any atom is -0.301 e. The highest BCUT2D eigenvalue weighted by Crippen LogP contribution is 2.25. The van der Waals surface area contributed by atoms with Crippen molar-refractivity contribution in [1.82, 2.24) is 5.32 Å². The molecule has 114 valence electrons. The smallest absolute Gasteiger partial charge is 0.256 e. The van der Waals surface area contributed by atoms with Crippen molar-refractivity contribution in [3.8, 4) is 0 Å². The summed E-state index contributed by atoms with van der Waals surface area (Å²) in [6.07, 6.45) is 3.75. The molecule has 2 N–H and O–H groups in total. The molecule has 3 rings (SSSR count). The Bertz CT molecular complexity index is 695. The summed E-state index contributed by atoms with van der Waals surface area (Å²) in [4.78, 5) is 29.3. The molecule has 22 heavy (non-hydrogen) atoms. The number of amides is 2. The first kappa shape index (κ1) is 14.8. The van der Waals surface area contributed by atoms with Crippen LogP contribution >= 0.6 is 12.2 Å². The van der Waals surface area contributed by atoms with Crippen molar-refractivity contribution in [2.24, 2.45) is 5.92 Å². The molecule has 2 aliphatic rings. The van der Waals surface area contributed by atoms with Gasteiger partial charge in [-0.15, -0.1) is 0 Å². The summed E-state index contributed by atoms with van der Waals surface area (Å²) in [5, 5.41) is 2.76. The van der Waals surface area contributed by atoms with Gasteiger partial charge in [-0.3, -0.25) is 14.5 Å². The summed E-state index contributed by atoms with van der Waals surface area (Å²) in [5.74, 6) is -1.54. The van der Waals surface area contributed by atoms with Crippen LogP contribution < -0.4 is 15.2 Å². The van der Waals surface area contributed by atoms with Gasteiger partial charge in [-0.1, -0.05) is 17.7 Å². The molecule has 0 radical (unpaired) electrons. The Kier molecular flexibility index (Phi) is 3.78. The van der Waals surface area contributed by atoms with E-state index >= 15 is 0 Å². The molecule has 1 unspecified atom stereocenters. The number of carbonyl (C=O) groups excluding carboxylic acids is 2. The van der Waals surface area contributed by atoms with Crippen LogP contribution in [0.2, 0.25) is 0 Å². The molecule has 1 aromatic carbocycles. The molecular weight excluding hydrogens is 298 g/mol. The maximum atomic E-state index is 12.7. The second-order valence-corrected chi connectivity index (χ2v) is 6.23. The zero-order valence-corrected chi connectivity index (χ0v) is 13.4. The predicted molar refractivity (Wildman–Crippen MR) is 87.7 cm³/mol. The lowest BCUT2D eigenvalue weighted by atomic mass is 10.0. The standard InChI is InChI=1S/C16H17N3O2S/c1-9-3-6-13(10(2)7-9)19-15(21)12(8-17-11-4-5-11)14(20)18-16(19)22/h3,6-8,11-12H,4-5H2,1-2H3,(H,18,20,22)/p+1. The van der Waals surface area contributed by atoms with Crippen LogP contribution in [0, 0.1) is 19.8 Å². The molecule has 0 aromatic heterocycles. The number of hydrogen-bond acceptors (Lipinski definition) is 3. The van der Waals surface area contributed by atoms with Gasteiger partial charge in [0.05, 0.1) is 5.69 Å². The number of carbonyl (C=O) groups is 2. The first-order valence-electron chi connectivity index (χ1n) is 7.33. The van der Waals surface area contributed by atoms with E-state index in [4.69, 9.17) is 12.2 Å². The molecular formula is C16H18N3O2S+. The monoisotopic (exact) mass is 316 g/mol. The number of aryl methyl sites for hydroxylation is 2. The van der Waals surface area contributed by atoms with Crippen molar-refractivity contribution in [2.75, 3.05) is 4.90 Å². The average Bonchev–Trinajstić information content (AvgIpc) is 3.24. The van der Waals surface area contributed by atoms with Crippen LogP contribution in [0.3, 0.4) is 0 Å². The largest absolute Gasteiger partial charge is 0.301 e. The van der Waals surface area contributed by atoms with Gasteiger partial charge in [-0.05, 0) is 37.7 Å². The summed E-state index contributed by atoms with van der Waals surface area (Å²) < 4.78 is 0. The number of benzene rings is 1. The van der Waals surface area contributed by atoms with Crippen LogP contribution in [0.15, 0.2) is 18.2 Å². The molecule has 1 aliphatic heterocycles. The Hall–Kier alpha value is -2.08. The zero-order chi connectivity index (χ0) is 15.9. The fraction of sp³-hybridized carbons (Fsp3) is 0.375. The lowest BCUT2D eigenvalue weighted by Crippen LogP contribution is -2.74.